The number of rotatable bonds is 2. The predicted octanol–water partition coefficient (Wildman–Crippen LogP) is 0.546. The molecule has 1 saturated heterocycles. The van der Waals surface area contributed by atoms with Crippen molar-refractivity contribution in [2.45, 2.75) is 18.9 Å². The molecule has 0 spiro atoms. The van der Waals surface area contributed by atoms with Gasteiger partial charge in [-0.2, -0.15) is 0 Å². The van der Waals surface area contributed by atoms with Gasteiger partial charge in [0.15, 0.2) is 9.84 Å². The first-order valence-electron chi connectivity index (χ1n) is 6.93. The van der Waals surface area contributed by atoms with Gasteiger partial charge in [-0.3, -0.25) is 0 Å². The molecule has 0 radical (unpaired) electrons. The zero-order valence-corrected chi connectivity index (χ0v) is 11.8. The molecule has 3 rings (SSSR count). The van der Waals surface area contributed by atoms with Crippen LogP contribution in [0.1, 0.15) is 18.4 Å². The summed E-state index contributed by atoms with van der Waals surface area (Å²) in [6.45, 7) is 2.02. The summed E-state index contributed by atoms with van der Waals surface area (Å²) in [7, 11) is -2.75. The molecule has 1 fully saturated rings. The van der Waals surface area contributed by atoms with Crippen molar-refractivity contribution in [2.24, 2.45) is 0 Å². The van der Waals surface area contributed by atoms with Crippen LogP contribution in [0.3, 0.4) is 0 Å². The van der Waals surface area contributed by atoms with Gasteiger partial charge in [-0.15, -0.1) is 0 Å². The van der Waals surface area contributed by atoms with E-state index in [9.17, 15) is 8.42 Å². The smallest absolute Gasteiger partial charge is 0.156 e. The first-order chi connectivity index (χ1) is 9.14. The first kappa shape index (κ1) is 12.9. The van der Waals surface area contributed by atoms with E-state index in [0.717, 1.165) is 25.9 Å². The minimum absolute atomic E-state index is 0.318. The average Bonchev–Trinajstić information content (AvgIpc) is 2.80. The maximum atomic E-state index is 11.5. The molecular formula is C15H20NO2S+. The lowest BCUT2D eigenvalue weighted by Crippen LogP contribution is -3.16. The number of quaternary nitrogens is 1. The molecule has 2 aliphatic rings. The highest BCUT2D eigenvalue weighted by molar-refractivity contribution is 7.91. The third kappa shape index (κ3) is 2.90. The lowest BCUT2D eigenvalue weighted by Gasteiger charge is -2.28. The Morgan fingerprint density at radius 1 is 1.16 bits per heavy atom. The Balaban J connectivity index is 1.68. The molecule has 0 bridgehead atoms. The van der Waals surface area contributed by atoms with E-state index in [-0.39, 0.29) is 0 Å². The normalized spacial score (nSPS) is 30.0. The standard InChI is InChI=1S/C15H19NO2S/c17-19(18)11-8-15(12-19)16-9-6-14(7-10-16)13-4-2-1-3-5-13/h1-6,15H,7-12H2/p+1/t15-/m0/s1. The maximum Gasteiger partial charge on any atom is 0.156 e. The quantitative estimate of drug-likeness (QED) is 0.858. The molecular weight excluding hydrogens is 258 g/mol. The second-order valence-corrected chi connectivity index (χ2v) is 7.79. The van der Waals surface area contributed by atoms with Gasteiger partial charge in [-0.1, -0.05) is 30.3 Å². The summed E-state index contributed by atoms with van der Waals surface area (Å²) >= 11 is 0. The van der Waals surface area contributed by atoms with Crippen LogP contribution < -0.4 is 4.90 Å². The van der Waals surface area contributed by atoms with Crippen LogP contribution in [0.2, 0.25) is 0 Å². The topological polar surface area (TPSA) is 38.6 Å². The molecule has 0 saturated carbocycles. The van der Waals surface area contributed by atoms with E-state index in [1.165, 1.54) is 16.0 Å². The highest BCUT2D eigenvalue weighted by atomic mass is 32.2. The largest absolute Gasteiger partial charge is 0.328 e. The monoisotopic (exact) mass is 278 g/mol. The zero-order chi connectivity index (χ0) is 13.3. The van der Waals surface area contributed by atoms with Crippen molar-refractivity contribution in [3.05, 3.63) is 42.0 Å². The summed E-state index contributed by atoms with van der Waals surface area (Å²) in [5.74, 6) is 0.771. The van der Waals surface area contributed by atoms with E-state index in [0.29, 0.717) is 17.5 Å². The highest BCUT2D eigenvalue weighted by Crippen LogP contribution is 2.18. The van der Waals surface area contributed by atoms with Gasteiger partial charge in [-0.05, 0) is 17.2 Å². The molecule has 0 aliphatic carbocycles. The lowest BCUT2D eigenvalue weighted by molar-refractivity contribution is -0.917. The third-order valence-corrected chi connectivity index (χ3v) is 6.05. The van der Waals surface area contributed by atoms with Gasteiger partial charge in [0.05, 0.1) is 18.8 Å². The van der Waals surface area contributed by atoms with Gasteiger partial charge in [0.1, 0.15) is 11.8 Å². The SMILES string of the molecule is O=S1(=O)CC[C@H]([NH+]2CC=C(c3ccccc3)CC2)C1. The van der Waals surface area contributed by atoms with Gasteiger partial charge in [-0.25, -0.2) is 8.42 Å². The molecule has 102 valence electrons. The molecule has 19 heavy (non-hydrogen) atoms. The van der Waals surface area contributed by atoms with Crippen molar-refractivity contribution in [3.63, 3.8) is 0 Å². The summed E-state index contributed by atoms with van der Waals surface area (Å²) in [5, 5.41) is 0. The summed E-state index contributed by atoms with van der Waals surface area (Å²) in [5.41, 5.74) is 2.71. The van der Waals surface area contributed by atoms with E-state index < -0.39 is 9.84 Å². The Morgan fingerprint density at radius 2 is 1.95 bits per heavy atom. The second-order valence-electron chi connectivity index (χ2n) is 5.56. The van der Waals surface area contributed by atoms with Gasteiger partial charge in [0, 0.05) is 12.8 Å². The van der Waals surface area contributed by atoms with Crippen LogP contribution >= 0.6 is 0 Å². The summed E-state index contributed by atoms with van der Waals surface area (Å²) in [4.78, 5) is 1.45. The summed E-state index contributed by atoms with van der Waals surface area (Å²) in [6, 6.07) is 10.8. The van der Waals surface area contributed by atoms with E-state index in [1.807, 2.05) is 6.07 Å². The average molecular weight is 278 g/mol. The number of nitrogens with one attached hydrogen (secondary N) is 1. The first-order valence-corrected chi connectivity index (χ1v) is 8.76. The van der Waals surface area contributed by atoms with E-state index in [1.54, 1.807) is 0 Å². The van der Waals surface area contributed by atoms with Crippen molar-refractivity contribution < 1.29 is 13.3 Å². The van der Waals surface area contributed by atoms with Gasteiger partial charge < -0.3 is 4.90 Å². The maximum absolute atomic E-state index is 11.5. The molecule has 4 heteroatoms. The van der Waals surface area contributed by atoms with Crippen LogP contribution in [0.5, 0.6) is 0 Å². The predicted molar refractivity (Wildman–Crippen MR) is 76.8 cm³/mol. The van der Waals surface area contributed by atoms with Crippen LogP contribution in [0, 0.1) is 0 Å². The second kappa shape index (κ2) is 5.10. The van der Waals surface area contributed by atoms with Gasteiger partial charge in [0.25, 0.3) is 0 Å². The Kier molecular flexibility index (Phi) is 3.46. The summed E-state index contributed by atoms with van der Waals surface area (Å²) < 4.78 is 23.1. The lowest BCUT2D eigenvalue weighted by atomic mass is 9.98. The number of benzene rings is 1. The van der Waals surface area contributed by atoms with Crippen molar-refractivity contribution in [1.82, 2.24) is 0 Å². The van der Waals surface area contributed by atoms with Crippen molar-refractivity contribution in [1.29, 1.82) is 0 Å². The van der Waals surface area contributed by atoms with Crippen LogP contribution in [-0.2, 0) is 9.84 Å². The molecule has 1 aromatic rings. The Bertz CT molecular complexity index is 577. The number of sulfone groups is 1. The molecule has 2 aliphatic heterocycles. The fraction of sp³-hybridized carbons (Fsp3) is 0.467. The molecule has 3 nitrogen and oxygen atoms in total. The van der Waals surface area contributed by atoms with Crippen LogP contribution in [0.15, 0.2) is 36.4 Å². The molecule has 0 amide bonds. The zero-order valence-electron chi connectivity index (χ0n) is 11.0. The Hall–Kier alpha value is -1.13. The van der Waals surface area contributed by atoms with Gasteiger partial charge >= 0.3 is 0 Å². The van der Waals surface area contributed by atoms with E-state index in [4.69, 9.17) is 0 Å². The minimum atomic E-state index is -2.75. The van der Waals surface area contributed by atoms with Crippen LogP contribution in [0.4, 0.5) is 0 Å². The molecule has 2 heterocycles. The van der Waals surface area contributed by atoms with E-state index >= 15 is 0 Å². The molecule has 1 aromatic carbocycles. The van der Waals surface area contributed by atoms with Crippen LogP contribution in [-0.4, -0.2) is 39.1 Å². The Morgan fingerprint density at radius 3 is 2.53 bits per heavy atom. The van der Waals surface area contributed by atoms with E-state index in [2.05, 4.69) is 30.3 Å². The summed E-state index contributed by atoms with van der Waals surface area (Å²) in [6.07, 6.45) is 4.18. The minimum Gasteiger partial charge on any atom is -0.328 e. The number of hydrogen-bond acceptors (Lipinski definition) is 2. The molecule has 0 aromatic heterocycles. The third-order valence-electron chi connectivity index (χ3n) is 4.28. The molecule has 1 unspecified atom stereocenters. The number of hydrogen-bond donors (Lipinski definition) is 1. The fourth-order valence-electron chi connectivity index (χ4n) is 3.16. The van der Waals surface area contributed by atoms with Crippen molar-refractivity contribution in [3.8, 4) is 0 Å². The highest BCUT2D eigenvalue weighted by Gasteiger charge is 2.35. The fourth-order valence-corrected chi connectivity index (χ4v) is 4.98. The van der Waals surface area contributed by atoms with Crippen LogP contribution in [0.25, 0.3) is 5.57 Å². The Labute approximate surface area is 114 Å². The van der Waals surface area contributed by atoms with Crippen molar-refractivity contribution in [2.75, 3.05) is 24.6 Å². The molecule has 2 atom stereocenters. The van der Waals surface area contributed by atoms with Crippen molar-refractivity contribution >= 4 is 15.4 Å². The van der Waals surface area contributed by atoms with Gasteiger partial charge in [0.2, 0.25) is 0 Å². The molecule has 1 N–H and O–H groups in total.